The van der Waals surface area contributed by atoms with E-state index in [9.17, 15) is 10.1 Å². The van der Waals surface area contributed by atoms with Crippen LogP contribution in [0.4, 0.5) is 5.95 Å². The number of rotatable bonds is 5. The van der Waals surface area contributed by atoms with Gasteiger partial charge in [0.1, 0.15) is 11.6 Å². The summed E-state index contributed by atoms with van der Waals surface area (Å²) in [5, 5.41) is 12.8. The van der Waals surface area contributed by atoms with Gasteiger partial charge in [0.05, 0.1) is 0 Å². The lowest BCUT2D eigenvalue weighted by Gasteiger charge is -2.10. The number of allylic oxidation sites excluding steroid dienone is 2. The molecule has 2 aromatic rings. The Bertz CT molecular complexity index is 733. The number of ketones is 1. The Morgan fingerprint density at radius 2 is 1.91 bits per heavy atom. The van der Waals surface area contributed by atoms with Crippen LogP contribution in [0.5, 0.6) is 0 Å². The van der Waals surface area contributed by atoms with Crippen LogP contribution in [0.1, 0.15) is 23.7 Å². The molecule has 0 saturated carbocycles. The molecule has 0 saturated heterocycles. The van der Waals surface area contributed by atoms with Gasteiger partial charge in [-0.05, 0) is 36.8 Å². The van der Waals surface area contributed by atoms with Crippen molar-refractivity contribution in [1.82, 2.24) is 9.97 Å². The van der Waals surface area contributed by atoms with E-state index in [0.717, 1.165) is 0 Å². The number of nitriles is 1. The molecule has 0 bridgehead atoms. The number of halogens is 1. The topological polar surface area (TPSA) is 78.7 Å². The fourth-order valence-electron chi connectivity index (χ4n) is 1.83. The fraction of sp³-hybridized carbons (Fsp3) is 0.125. The van der Waals surface area contributed by atoms with Gasteiger partial charge < -0.3 is 5.32 Å². The van der Waals surface area contributed by atoms with Crippen molar-refractivity contribution in [2.24, 2.45) is 0 Å². The molecule has 22 heavy (non-hydrogen) atoms. The summed E-state index contributed by atoms with van der Waals surface area (Å²) in [7, 11) is 0. The lowest BCUT2D eigenvalue weighted by molar-refractivity contribution is 0.103. The molecule has 1 N–H and O–H groups in total. The number of aromatic nitrogens is 2. The van der Waals surface area contributed by atoms with Gasteiger partial charge in [0.25, 0.3) is 0 Å². The Kier molecular flexibility index (Phi) is 5.23. The zero-order valence-electron chi connectivity index (χ0n) is 11.9. The van der Waals surface area contributed by atoms with E-state index < -0.39 is 0 Å². The van der Waals surface area contributed by atoms with E-state index in [-0.39, 0.29) is 11.4 Å². The monoisotopic (exact) mass is 312 g/mol. The van der Waals surface area contributed by atoms with Gasteiger partial charge in [-0.2, -0.15) is 5.26 Å². The van der Waals surface area contributed by atoms with E-state index in [0.29, 0.717) is 28.7 Å². The normalized spacial score (nSPS) is 11.3. The number of carbonyl (C=O) groups is 1. The average molecular weight is 313 g/mol. The van der Waals surface area contributed by atoms with Crippen LogP contribution in [0.25, 0.3) is 0 Å². The highest BCUT2D eigenvalue weighted by molar-refractivity contribution is 6.30. The van der Waals surface area contributed by atoms with E-state index in [2.05, 4.69) is 15.3 Å². The minimum absolute atomic E-state index is 0.0391. The molecule has 1 heterocycles. The lowest BCUT2D eigenvalue weighted by atomic mass is 10.0. The van der Waals surface area contributed by atoms with E-state index in [1.54, 1.807) is 42.7 Å². The molecule has 1 aromatic heterocycles. The number of hydrogen-bond acceptors (Lipinski definition) is 5. The molecule has 0 fully saturated rings. The molecule has 5 nitrogen and oxygen atoms in total. The number of nitrogens with zero attached hydrogens (tertiary/aromatic N) is 3. The van der Waals surface area contributed by atoms with Crippen LogP contribution in [0, 0.1) is 11.3 Å². The maximum atomic E-state index is 12.5. The Hall–Kier alpha value is -2.71. The number of Topliss-reactive ketones (excluding diaryl/α,β-unsaturated/α-hetero) is 1. The minimum atomic E-state index is -0.362. The molecule has 0 aliphatic rings. The molecule has 0 atom stereocenters. The quantitative estimate of drug-likeness (QED) is 0.518. The predicted molar refractivity (Wildman–Crippen MR) is 84.4 cm³/mol. The lowest BCUT2D eigenvalue weighted by Crippen LogP contribution is -2.11. The molecule has 0 spiro atoms. The first-order valence-electron chi connectivity index (χ1n) is 6.63. The maximum Gasteiger partial charge on any atom is 0.226 e. The Labute approximate surface area is 133 Å². The van der Waals surface area contributed by atoms with Gasteiger partial charge in [0, 0.05) is 28.7 Å². The maximum absolute atomic E-state index is 12.5. The first-order valence-corrected chi connectivity index (χ1v) is 7.01. The van der Waals surface area contributed by atoms with Crippen LogP contribution in [0.15, 0.2) is 54.0 Å². The first kappa shape index (κ1) is 15.7. The number of carbonyl (C=O) groups excluding carboxylic acids is 1. The smallest absolute Gasteiger partial charge is 0.226 e. The summed E-state index contributed by atoms with van der Waals surface area (Å²) in [6.45, 7) is 1.84. The van der Waals surface area contributed by atoms with Gasteiger partial charge in [0.2, 0.25) is 11.7 Å². The van der Waals surface area contributed by atoms with Gasteiger partial charge in [-0.15, -0.1) is 0 Å². The molecule has 1 aromatic carbocycles. The van der Waals surface area contributed by atoms with Crippen molar-refractivity contribution in [2.45, 2.75) is 13.3 Å². The van der Waals surface area contributed by atoms with Crippen molar-refractivity contribution in [3.63, 3.8) is 0 Å². The van der Waals surface area contributed by atoms with Crippen LogP contribution in [0.3, 0.4) is 0 Å². The molecule has 6 heteroatoms. The molecule has 0 aliphatic carbocycles. The van der Waals surface area contributed by atoms with E-state index in [1.807, 2.05) is 13.0 Å². The summed E-state index contributed by atoms with van der Waals surface area (Å²) in [6, 6.07) is 10.1. The van der Waals surface area contributed by atoms with Crippen molar-refractivity contribution in [2.75, 3.05) is 5.32 Å². The summed E-state index contributed by atoms with van der Waals surface area (Å²) in [5.74, 6) is -0.0181. The summed E-state index contributed by atoms with van der Waals surface area (Å²) >= 11 is 5.81. The summed E-state index contributed by atoms with van der Waals surface area (Å²) in [5.41, 5.74) is 0.925. The largest absolute Gasteiger partial charge is 0.326 e. The molecule has 2 rings (SSSR count). The average Bonchev–Trinajstić information content (AvgIpc) is 2.56. The second-order valence-electron chi connectivity index (χ2n) is 4.35. The summed E-state index contributed by atoms with van der Waals surface area (Å²) < 4.78 is 0. The van der Waals surface area contributed by atoms with Crippen molar-refractivity contribution >= 4 is 23.3 Å². The predicted octanol–water partition coefficient (Wildman–Crippen LogP) is 3.61. The van der Waals surface area contributed by atoms with Crippen molar-refractivity contribution in [3.05, 3.63) is 64.6 Å². The van der Waals surface area contributed by atoms with E-state index in [4.69, 9.17) is 11.6 Å². The van der Waals surface area contributed by atoms with Gasteiger partial charge >= 0.3 is 0 Å². The number of nitrogens with one attached hydrogen (secondary N) is 1. The highest BCUT2D eigenvalue weighted by Gasteiger charge is 2.17. The number of benzene rings is 1. The molecule has 0 radical (unpaired) electrons. The third-order valence-corrected chi connectivity index (χ3v) is 3.18. The molecule has 110 valence electrons. The van der Waals surface area contributed by atoms with Crippen LogP contribution in [-0.4, -0.2) is 15.8 Å². The zero-order valence-corrected chi connectivity index (χ0v) is 12.6. The highest BCUT2D eigenvalue weighted by atomic mass is 35.5. The zero-order chi connectivity index (χ0) is 15.9. The van der Waals surface area contributed by atoms with Gasteiger partial charge in [-0.25, -0.2) is 9.97 Å². The van der Waals surface area contributed by atoms with E-state index in [1.165, 1.54) is 0 Å². The van der Waals surface area contributed by atoms with Crippen molar-refractivity contribution in [3.8, 4) is 6.07 Å². The van der Waals surface area contributed by atoms with Gasteiger partial charge in [-0.1, -0.05) is 18.5 Å². The third-order valence-electron chi connectivity index (χ3n) is 2.93. The second kappa shape index (κ2) is 7.34. The molecule has 0 unspecified atom stereocenters. The third kappa shape index (κ3) is 3.68. The van der Waals surface area contributed by atoms with E-state index >= 15 is 0 Å². The van der Waals surface area contributed by atoms with Crippen LogP contribution in [-0.2, 0) is 0 Å². The summed E-state index contributed by atoms with van der Waals surface area (Å²) in [4.78, 5) is 20.5. The second-order valence-corrected chi connectivity index (χ2v) is 4.79. The molecular formula is C16H13ClN4O. The van der Waals surface area contributed by atoms with Crippen LogP contribution < -0.4 is 5.32 Å². The Morgan fingerprint density at radius 3 is 2.45 bits per heavy atom. The SMILES string of the molecule is CC/C(Nc1ncccn1)=C(/C#N)C(=O)c1ccc(Cl)cc1. The Morgan fingerprint density at radius 1 is 1.27 bits per heavy atom. The van der Waals surface area contributed by atoms with Gasteiger partial charge in [0.15, 0.2) is 0 Å². The standard InChI is InChI=1S/C16H13ClN4O/c1-2-14(21-16-19-8-3-9-20-16)13(10-18)15(22)11-4-6-12(17)7-5-11/h3-9H,2H2,1H3,(H,19,20,21)/b14-13+. The fourth-order valence-corrected chi connectivity index (χ4v) is 1.95. The molecular weight excluding hydrogens is 300 g/mol. The van der Waals surface area contributed by atoms with Crippen LogP contribution >= 0.6 is 11.6 Å². The first-order chi connectivity index (χ1) is 10.7. The van der Waals surface area contributed by atoms with Crippen LogP contribution in [0.2, 0.25) is 5.02 Å². The number of anilines is 1. The van der Waals surface area contributed by atoms with Crippen molar-refractivity contribution < 1.29 is 4.79 Å². The summed E-state index contributed by atoms with van der Waals surface area (Å²) in [6.07, 6.45) is 3.63. The number of hydrogen-bond donors (Lipinski definition) is 1. The molecule has 0 aliphatic heterocycles. The van der Waals surface area contributed by atoms with Gasteiger partial charge in [-0.3, -0.25) is 4.79 Å². The minimum Gasteiger partial charge on any atom is -0.326 e. The molecule has 0 amide bonds. The van der Waals surface area contributed by atoms with Crippen molar-refractivity contribution in [1.29, 1.82) is 5.26 Å². The Balaban J connectivity index is 2.36. The highest BCUT2D eigenvalue weighted by Crippen LogP contribution is 2.17.